The molecule has 6 nitrogen and oxygen atoms in total. The van der Waals surface area contributed by atoms with Crippen LogP contribution in [0.4, 0.5) is 11.4 Å². The summed E-state index contributed by atoms with van der Waals surface area (Å²) in [4.78, 5) is 12.5. The van der Waals surface area contributed by atoms with Crippen molar-refractivity contribution in [3.8, 4) is 11.5 Å². The minimum Gasteiger partial charge on any atom is -0.497 e. The minimum atomic E-state index is -0.516. The summed E-state index contributed by atoms with van der Waals surface area (Å²) in [5.41, 5.74) is 2.35. The van der Waals surface area contributed by atoms with Gasteiger partial charge in [0.05, 0.1) is 32.0 Å². The molecule has 3 rings (SSSR count). The molecule has 1 heterocycles. The number of amides is 1. The molecule has 1 amide bonds. The first-order valence-corrected chi connectivity index (χ1v) is 8.16. The van der Waals surface area contributed by atoms with Crippen LogP contribution in [-0.4, -0.2) is 25.8 Å². The summed E-state index contributed by atoms with van der Waals surface area (Å²) in [5, 5.41) is 9.72. The lowest BCUT2D eigenvalue weighted by atomic mass is 10.0. The summed E-state index contributed by atoms with van der Waals surface area (Å²) >= 11 is 0. The molecule has 0 spiro atoms. The van der Waals surface area contributed by atoms with E-state index < -0.39 is 5.66 Å². The van der Waals surface area contributed by atoms with Crippen LogP contribution in [0.3, 0.4) is 0 Å². The van der Waals surface area contributed by atoms with Crippen molar-refractivity contribution in [1.82, 2.24) is 5.32 Å². The van der Waals surface area contributed by atoms with E-state index in [4.69, 9.17) is 9.47 Å². The summed E-state index contributed by atoms with van der Waals surface area (Å²) in [7, 11) is 3.15. The number of rotatable bonds is 5. The molecule has 0 aromatic heterocycles. The van der Waals surface area contributed by atoms with E-state index in [1.54, 1.807) is 32.4 Å². The molecule has 0 fully saturated rings. The fourth-order valence-electron chi connectivity index (χ4n) is 2.95. The van der Waals surface area contributed by atoms with Gasteiger partial charge in [-0.15, -0.1) is 0 Å². The first-order valence-electron chi connectivity index (χ1n) is 8.16. The number of nitrogens with one attached hydrogen (secondary N) is 3. The van der Waals surface area contributed by atoms with Crippen molar-refractivity contribution < 1.29 is 14.3 Å². The van der Waals surface area contributed by atoms with Crippen molar-refractivity contribution in [1.29, 1.82) is 0 Å². The molecule has 1 unspecified atom stereocenters. The summed E-state index contributed by atoms with van der Waals surface area (Å²) in [5.74, 6) is 1.13. The van der Waals surface area contributed by atoms with Crippen LogP contribution in [0.25, 0.3) is 0 Å². The van der Waals surface area contributed by atoms with Crippen LogP contribution in [0.1, 0.15) is 18.9 Å². The Kier molecular flexibility index (Phi) is 4.81. The van der Waals surface area contributed by atoms with Gasteiger partial charge in [0.15, 0.2) is 0 Å². The molecule has 1 aliphatic rings. The summed E-state index contributed by atoms with van der Waals surface area (Å²) < 4.78 is 10.5. The zero-order chi connectivity index (χ0) is 17.9. The molecule has 1 aliphatic heterocycles. The van der Waals surface area contributed by atoms with E-state index in [9.17, 15) is 4.79 Å². The van der Waals surface area contributed by atoms with Crippen molar-refractivity contribution in [2.24, 2.45) is 0 Å². The number of ether oxygens (including phenoxy) is 2. The molecule has 0 saturated carbocycles. The van der Waals surface area contributed by atoms with Crippen LogP contribution in [-0.2, 0) is 11.3 Å². The van der Waals surface area contributed by atoms with E-state index in [1.807, 2.05) is 25.1 Å². The van der Waals surface area contributed by atoms with Crippen LogP contribution in [0.2, 0.25) is 0 Å². The van der Waals surface area contributed by atoms with Crippen molar-refractivity contribution in [3.05, 3.63) is 48.0 Å². The second-order valence-electron chi connectivity index (χ2n) is 6.26. The Morgan fingerprint density at radius 2 is 2.00 bits per heavy atom. The summed E-state index contributed by atoms with van der Waals surface area (Å²) in [6, 6.07) is 13.4. The fourth-order valence-corrected chi connectivity index (χ4v) is 2.95. The molecule has 0 saturated heterocycles. The average Bonchev–Trinajstić information content (AvgIpc) is 2.61. The first kappa shape index (κ1) is 17.1. The highest BCUT2D eigenvalue weighted by Crippen LogP contribution is 2.30. The number of methoxy groups -OCH3 is 2. The number of hydrogen-bond acceptors (Lipinski definition) is 5. The third-order valence-electron chi connectivity index (χ3n) is 4.29. The zero-order valence-electron chi connectivity index (χ0n) is 14.7. The fraction of sp³-hybridized carbons (Fsp3) is 0.316. The van der Waals surface area contributed by atoms with E-state index in [2.05, 4.69) is 22.0 Å². The van der Waals surface area contributed by atoms with Gasteiger partial charge in [-0.1, -0.05) is 18.2 Å². The Morgan fingerprint density at radius 1 is 1.20 bits per heavy atom. The molecular formula is C19H23N3O3. The van der Waals surface area contributed by atoms with Gasteiger partial charge in [-0.25, -0.2) is 0 Å². The maximum atomic E-state index is 12.5. The molecule has 0 aliphatic carbocycles. The molecule has 132 valence electrons. The highest BCUT2D eigenvalue weighted by Gasteiger charge is 2.31. The second-order valence-corrected chi connectivity index (χ2v) is 6.26. The number of carbonyl (C=O) groups is 1. The predicted molar refractivity (Wildman–Crippen MR) is 98.1 cm³/mol. The van der Waals surface area contributed by atoms with Crippen molar-refractivity contribution in [3.63, 3.8) is 0 Å². The maximum absolute atomic E-state index is 12.5. The van der Waals surface area contributed by atoms with Crippen LogP contribution >= 0.6 is 0 Å². The third-order valence-corrected chi connectivity index (χ3v) is 4.29. The number of fused-ring (bicyclic) bond motifs is 1. The Balaban J connectivity index is 1.69. The highest BCUT2D eigenvalue weighted by atomic mass is 16.5. The Hall–Kier alpha value is -2.73. The second kappa shape index (κ2) is 7.03. The Morgan fingerprint density at radius 3 is 2.76 bits per heavy atom. The normalized spacial score (nSPS) is 18.7. The number of anilines is 2. The van der Waals surface area contributed by atoms with Crippen LogP contribution < -0.4 is 25.4 Å². The smallest absolute Gasteiger partial charge is 0.228 e. The molecule has 25 heavy (non-hydrogen) atoms. The van der Waals surface area contributed by atoms with Gasteiger partial charge in [0.25, 0.3) is 0 Å². The lowest BCUT2D eigenvalue weighted by Crippen LogP contribution is -2.53. The van der Waals surface area contributed by atoms with Crippen LogP contribution in [0.5, 0.6) is 11.5 Å². The van der Waals surface area contributed by atoms with Gasteiger partial charge >= 0.3 is 0 Å². The highest BCUT2D eigenvalue weighted by molar-refractivity contribution is 5.93. The van der Waals surface area contributed by atoms with Gasteiger partial charge in [0, 0.05) is 18.3 Å². The van der Waals surface area contributed by atoms with Crippen molar-refractivity contribution in [2.45, 2.75) is 25.6 Å². The van der Waals surface area contributed by atoms with Crippen LogP contribution in [0.15, 0.2) is 42.5 Å². The van der Waals surface area contributed by atoms with E-state index in [0.717, 1.165) is 12.2 Å². The third kappa shape index (κ3) is 3.85. The van der Waals surface area contributed by atoms with Gasteiger partial charge in [0.2, 0.25) is 5.91 Å². The van der Waals surface area contributed by atoms with E-state index in [1.165, 1.54) is 5.56 Å². The SMILES string of the molecule is COc1ccc(NC(=O)CC2(C)NCc3ccccc3N2)c(OC)c1. The number of para-hydroxylation sites is 1. The standard InChI is InChI=1S/C19H23N3O3/c1-19(20-12-13-6-4-5-7-15(13)22-19)11-18(23)21-16-9-8-14(24-2)10-17(16)25-3/h4-10,20,22H,11-12H2,1-3H3,(H,21,23). The average molecular weight is 341 g/mol. The molecule has 1 atom stereocenters. The van der Waals surface area contributed by atoms with Crippen molar-refractivity contribution in [2.75, 3.05) is 24.9 Å². The van der Waals surface area contributed by atoms with E-state index in [-0.39, 0.29) is 12.3 Å². The van der Waals surface area contributed by atoms with E-state index >= 15 is 0 Å². The molecule has 2 aromatic carbocycles. The Bertz CT molecular complexity index is 778. The number of benzene rings is 2. The number of carbonyl (C=O) groups excluding carboxylic acids is 1. The van der Waals surface area contributed by atoms with Gasteiger partial charge < -0.3 is 20.1 Å². The minimum absolute atomic E-state index is 0.106. The molecule has 6 heteroatoms. The van der Waals surface area contributed by atoms with Gasteiger partial charge in [-0.3, -0.25) is 10.1 Å². The maximum Gasteiger partial charge on any atom is 0.228 e. The van der Waals surface area contributed by atoms with Gasteiger partial charge in [-0.2, -0.15) is 0 Å². The lowest BCUT2D eigenvalue weighted by Gasteiger charge is -2.37. The monoisotopic (exact) mass is 341 g/mol. The zero-order valence-corrected chi connectivity index (χ0v) is 14.7. The largest absolute Gasteiger partial charge is 0.497 e. The molecule has 0 bridgehead atoms. The quantitative estimate of drug-likeness (QED) is 0.780. The first-order chi connectivity index (χ1) is 12.0. The van der Waals surface area contributed by atoms with E-state index in [0.29, 0.717) is 17.2 Å². The topological polar surface area (TPSA) is 71.6 Å². The Labute approximate surface area is 147 Å². The van der Waals surface area contributed by atoms with Gasteiger partial charge in [0.1, 0.15) is 11.5 Å². The van der Waals surface area contributed by atoms with Crippen LogP contribution in [0, 0.1) is 0 Å². The molecule has 2 aromatic rings. The predicted octanol–water partition coefficient (Wildman–Crippen LogP) is 2.96. The molecule has 3 N–H and O–H groups in total. The van der Waals surface area contributed by atoms with Gasteiger partial charge in [-0.05, 0) is 30.7 Å². The summed E-state index contributed by atoms with van der Waals surface area (Å²) in [6.07, 6.45) is 0.274. The lowest BCUT2D eigenvalue weighted by molar-refractivity contribution is -0.117. The molecule has 0 radical (unpaired) electrons. The molecular weight excluding hydrogens is 318 g/mol. The number of hydrogen-bond donors (Lipinski definition) is 3. The summed E-state index contributed by atoms with van der Waals surface area (Å²) in [6.45, 7) is 2.70. The van der Waals surface area contributed by atoms with Crippen molar-refractivity contribution >= 4 is 17.3 Å².